The fraction of sp³-hybridized carbons (Fsp3) is 0.588. The van der Waals surface area contributed by atoms with Crippen LogP contribution in [0.25, 0.3) is 0 Å². The molecule has 3 rings (SSSR count). The normalized spacial score (nSPS) is 27.2. The molecule has 1 saturated carbocycles. The van der Waals surface area contributed by atoms with Gasteiger partial charge in [-0.05, 0) is 55.2 Å². The number of aryl methyl sites for hydroxylation is 1. The standard InChI is InChI=1S/C17H22F2N2O/c18-14-6-4-11(8-15(14)19)2-1-3-17(22)21-9-12-5-7-16(20)13(12)10-21/h4,6,8,12-13,16H,1-3,5,7,9-10,20H2. The minimum Gasteiger partial charge on any atom is -0.342 e. The van der Waals surface area contributed by atoms with Gasteiger partial charge >= 0.3 is 0 Å². The van der Waals surface area contributed by atoms with E-state index in [1.54, 1.807) is 6.07 Å². The molecule has 2 N–H and O–H groups in total. The van der Waals surface area contributed by atoms with E-state index < -0.39 is 11.6 Å². The van der Waals surface area contributed by atoms with Gasteiger partial charge in [0.15, 0.2) is 11.6 Å². The predicted molar refractivity (Wildman–Crippen MR) is 80.1 cm³/mol. The third-order valence-electron chi connectivity index (χ3n) is 5.11. The molecule has 1 aromatic carbocycles. The molecular formula is C17H22F2N2O. The van der Waals surface area contributed by atoms with Gasteiger partial charge in [-0.15, -0.1) is 0 Å². The Balaban J connectivity index is 1.46. The van der Waals surface area contributed by atoms with Crippen molar-refractivity contribution in [1.29, 1.82) is 0 Å². The summed E-state index contributed by atoms with van der Waals surface area (Å²) in [6, 6.07) is 4.15. The second-order valence-corrected chi connectivity index (χ2v) is 6.57. The first-order valence-corrected chi connectivity index (χ1v) is 8.02. The lowest BCUT2D eigenvalue weighted by atomic mass is 9.98. The number of likely N-dealkylation sites (tertiary alicyclic amines) is 1. The van der Waals surface area contributed by atoms with E-state index in [2.05, 4.69) is 0 Å². The van der Waals surface area contributed by atoms with Crippen molar-refractivity contribution in [3.63, 3.8) is 0 Å². The molecule has 3 atom stereocenters. The molecule has 2 aliphatic rings. The van der Waals surface area contributed by atoms with Crippen LogP contribution in [-0.4, -0.2) is 29.9 Å². The van der Waals surface area contributed by atoms with E-state index in [4.69, 9.17) is 5.73 Å². The van der Waals surface area contributed by atoms with Gasteiger partial charge in [0, 0.05) is 25.6 Å². The van der Waals surface area contributed by atoms with Gasteiger partial charge in [-0.25, -0.2) is 8.78 Å². The summed E-state index contributed by atoms with van der Waals surface area (Å²) < 4.78 is 26.0. The number of nitrogens with zero attached hydrogens (tertiary/aromatic N) is 1. The molecule has 5 heteroatoms. The monoisotopic (exact) mass is 308 g/mol. The van der Waals surface area contributed by atoms with Crippen LogP contribution in [0.5, 0.6) is 0 Å². The quantitative estimate of drug-likeness (QED) is 0.929. The zero-order chi connectivity index (χ0) is 15.7. The number of carbonyl (C=O) groups is 1. The molecule has 120 valence electrons. The summed E-state index contributed by atoms with van der Waals surface area (Å²) >= 11 is 0. The van der Waals surface area contributed by atoms with E-state index in [9.17, 15) is 13.6 Å². The first kappa shape index (κ1) is 15.4. The number of hydrogen-bond acceptors (Lipinski definition) is 2. The van der Waals surface area contributed by atoms with Crippen molar-refractivity contribution < 1.29 is 13.6 Å². The summed E-state index contributed by atoms with van der Waals surface area (Å²) in [5.74, 6) is -0.463. The van der Waals surface area contributed by atoms with Crippen molar-refractivity contribution in [1.82, 2.24) is 4.90 Å². The van der Waals surface area contributed by atoms with Crippen molar-refractivity contribution in [3.05, 3.63) is 35.4 Å². The number of nitrogens with two attached hydrogens (primary N) is 1. The Labute approximate surface area is 129 Å². The molecule has 1 aliphatic carbocycles. The van der Waals surface area contributed by atoms with Crippen LogP contribution in [0, 0.1) is 23.5 Å². The molecule has 0 bridgehead atoms. The topological polar surface area (TPSA) is 46.3 Å². The molecule has 0 spiro atoms. The van der Waals surface area contributed by atoms with Crippen molar-refractivity contribution in [2.24, 2.45) is 17.6 Å². The SMILES string of the molecule is NC1CCC2CN(C(=O)CCCc3ccc(F)c(F)c3)CC12. The van der Waals surface area contributed by atoms with E-state index in [0.29, 0.717) is 31.1 Å². The first-order chi connectivity index (χ1) is 10.5. The van der Waals surface area contributed by atoms with Gasteiger partial charge in [0.1, 0.15) is 0 Å². The summed E-state index contributed by atoms with van der Waals surface area (Å²) in [4.78, 5) is 14.2. The van der Waals surface area contributed by atoms with Gasteiger partial charge in [-0.1, -0.05) is 6.07 Å². The Kier molecular flexibility index (Phi) is 4.43. The van der Waals surface area contributed by atoms with Crippen molar-refractivity contribution in [2.45, 2.75) is 38.1 Å². The lowest BCUT2D eigenvalue weighted by Crippen LogP contribution is -2.33. The van der Waals surface area contributed by atoms with Crippen LogP contribution < -0.4 is 5.73 Å². The van der Waals surface area contributed by atoms with Crippen LogP contribution in [0.3, 0.4) is 0 Å². The maximum atomic E-state index is 13.1. The van der Waals surface area contributed by atoms with Crippen LogP contribution in [0.2, 0.25) is 0 Å². The summed E-state index contributed by atoms with van der Waals surface area (Å²) in [5.41, 5.74) is 6.81. The second-order valence-electron chi connectivity index (χ2n) is 6.57. The molecule has 22 heavy (non-hydrogen) atoms. The largest absolute Gasteiger partial charge is 0.342 e. The van der Waals surface area contributed by atoms with E-state index in [-0.39, 0.29) is 11.9 Å². The number of halogens is 2. The average molecular weight is 308 g/mol. The summed E-state index contributed by atoms with van der Waals surface area (Å²) in [5, 5.41) is 0. The molecule has 2 fully saturated rings. The number of hydrogen-bond donors (Lipinski definition) is 1. The van der Waals surface area contributed by atoms with E-state index in [0.717, 1.165) is 37.6 Å². The van der Waals surface area contributed by atoms with Crippen LogP contribution in [0.4, 0.5) is 8.78 Å². The molecule has 0 aromatic heterocycles. The third kappa shape index (κ3) is 3.14. The summed E-state index contributed by atoms with van der Waals surface area (Å²) in [6.07, 6.45) is 3.90. The van der Waals surface area contributed by atoms with Crippen molar-refractivity contribution >= 4 is 5.91 Å². The van der Waals surface area contributed by atoms with Crippen LogP contribution in [0.15, 0.2) is 18.2 Å². The molecular weight excluding hydrogens is 286 g/mol. The summed E-state index contributed by atoms with van der Waals surface area (Å²) in [6.45, 7) is 1.62. The highest BCUT2D eigenvalue weighted by Gasteiger charge is 2.42. The summed E-state index contributed by atoms with van der Waals surface area (Å²) in [7, 11) is 0. The molecule has 1 saturated heterocycles. The second kappa shape index (κ2) is 6.32. The van der Waals surface area contributed by atoms with Crippen LogP contribution >= 0.6 is 0 Å². The number of amides is 1. The zero-order valence-electron chi connectivity index (χ0n) is 12.6. The average Bonchev–Trinajstić information content (AvgIpc) is 3.05. The number of benzene rings is 1. The Morgan fingerprint density at radius 3 is 2.77 bits per heavy atom. The molecule has 1 heterocycles. The van der Waals surface area contributed by atoms with Gasteiger partial charge in [-0.3, -0.25) is 4.79 Å². The molecule has 1 amide bonds. The van der Waals surface area contributed by atoms with Crippen LogP contribution in [0.1, 0.15) is 31.2 Å². The van der Waals surface area contributed by atoms with Crippen molar-refractivity contribution in [2.75, 3.05) is 13.1 Å². The maximum Gasteiger partial charge on any atom is 0.222 e. The fourth-order valence-electron chi connectivity index (χ4n) is 3.81. The third-order valence-corrected chi connectivity index (χ3v) is 5.11. The minimum atomic E-state index is -0.834. The predicted octanol–water partition coefficient (Wildman–Crippen LogP) is 2.48. The van der Waals surface area contributed by atoms with E-state index in [1.807, 2.05) is 4.90 Å². The number of fused-ring (bicyclic) bond motifs is 1. The van der Waals surface area contributed by atoms with Crippen LogP contribution in [-0.2, 0) is 11.2 Å². The van der Waals surface area contributed by atoms with Gasteiger partial charge in [-0.2, -0.15) is 0 Å². The first-order valence-electron chi connectivity index (χ1n) is 8.02. The minimum absolute atomic E-state index is 0.157. The zero-order valence-corrected chi connectivity index (χ0v) is 12.6. The Morgan fingerprint density at radius 2 is 2.05 bits per heavy atom. The lowest BCUT2D eigenvalue weighted by Gasteiger charge is -2.18. The van der Waals surface area contributed by atoms with Gasteiger partial charge < -0.3 is 10.6 Å². The van der Waals surface area contributed by atoms with Gasteiger partial charge in [0.25, 0.3) is 0 Å². The van der Waals surface area contributed by atoms with E-state index >= 15 is 0 Å². The molecule has 1 aliphatic heterocycles. The molecule has 1 aromatic rings. The Morgan fingerprint density at radius 1 is 1.23 bits per heavy atom. The Hall–Kier alpha value is -1.49. The molecule has 0 radical (unpaired) electrons. The van der Waals surface area contributed by atoms with Gasteiger partial charge in [0.05, 0.1) is 0 Å². The lowest BCUT2D eigenvalue weighted by molar-refractivity contribution is -0.130. The molecule has 3 unspecified atom stereocenters. The number of carbonyl (C=O) groups excluding carboxylic acids is 1. The highest BCUT2D eigenvalue weighted by Crippen LogP contribution is 2.37. The Bertz CT molecular complexity index is 564. The van der Waals surface area contributed by atoms with Crippen molar-refractivity contribution in [3.8, 4) is 0 Å². The highest BCUT2D eigenvalue weighted by atomic mass is 19.2. The highest BCUT2D eigenvalue weighted by molar-refractivity contribution is 5.76. The number of rotatable bonds is 4. The van der Waals surface area contributed by atoms with E-state index in [1.165, 1.54) is 6.07 Å². The van der Waals surface area contributed by atoms with Gasteiger partial charge in [0.2, 0.25) is 5.91 Å². The fourth-order valence-corrected chi connectivity index (χ4v) is 3.81. The molecule has 3 nitrogen and oxygen atoms in total. The smallest absolute Gasteiger partial charge is 0.222 e. The maximum absolute atomic E-state index is 13.1.